The Kier molecular flexibility index (Phi) is 5.78. The molecule has 8 nitrogen and oxygen atoms in total. The number of nitrogens with zero attached hydrogens (tertiary/aromatic N) is 3. The minimum atomic E-state index is -3.32. The number of thioether (sulfide) groups is 1. The first-order valence-corrected chi connectivity index (χ1v) is 11.1. The molecule has 3 rings (SSSR count). The number of sulfonamides is 1. The Morgan fingerprint density at radius 3 is 2.62 bits per heavy atom. The van der Waals surface area contributed by atoms with Gasteiger partial charge in [-0.2, -0.15) is 0 Å². The number of hydrogen-bond acceptors (Lipinski definition) is 6. The fourth-order valence-electron chi connectivity index (χ4n) is 2.87. The lowest BCUT2D eigenvalue weighted by molar-refractivity contribution is -0.133. The number of carbonyl (C=O) groups is 2. The molecule has 1 aromatic carbocycles. The first kappa shape index (κ1) is 19.4. The molecule has 0 saturated carbocycles. The van der Waals surface area contributed by atoms with Gasteiger partial charge in [-0.15, -0.1) is 4.83 Å². The van der Waals surface area contributed by atoms with Gasteiger partial charge in [0.15, 0.2) is 0 Å². The van der Waals surface area contributed by atoms with E-state index in [1.54, 1.807) is 22.0 Å². The van der Waals surface area contributed by atoms with Gasteiger partial charge in [-0.1, -0.05) is 17.7 Å². The molecule has 0 radical (unpaired) electrons. The number of carbonyl (C=O) groups excluding carboxylic acids is 2. The van der Waals surface area contributed by atoms with Gasteiger partial charge in [-0.25, -0.2) is 13.4 Å². The molecule has 142 valence electrons. The van der Waals surface area contributed by atoms with Crippen molar-refractivity contribution < 1.29 is 18.0 Å². The van der Waals surface area contributed by atoms with Gasteiger partial charge in [-0.3, -0.25) is 9.59 Å². The van der Waals surface area contributed by atoms with Crippen molar-refractivity contribution in [3.63, 3.8) is 0 Å². The van der Waals surface area contributed by atoms with Gasteiger partial charge in [0.05, 0.1) is 6.26 Å². The highest BCUT2D eigenvalue weighted by atomic mass is 35.5. The summed E-state index contributed by atoms with van der Waals surface area (Å²) in [5.74, 6) is -0.159. The minimum absolute atomic E-state index is 0.0179. The average molecular weight is 419 g/mol. The predicted molar refractivity (Wildman–Crippen MR) is 99.2 cm³/mol. The van der Waals surface area contributed by atoms with Crippen LogP contribution in [0.1, 0.15) is 5.56 Å². The monoisotopic (exact) mass is 418 g/mol. The molecule has 2 aliphatic rings. The molecule has 2 aliphatic heterocycles. The van der Waals surface area contributed by atoms with Gasteiger partial charge in [0, 0.05) is 48.2 Å². The highest BCUT2D eigenvalue weighted by molar-refractivity contribution is 8.13. The predicted octanol–water partition coefficient (Wildman–Crippen LogP) is 0.976. The molecule has 0 aromatic heterocycles. The lowest BCUT2D eigenvalue weighted by Gasteiger charge is -2.36. The zero-order valence-corrected chi connectivity index (χ0v) is 16.5. The number of amides is 2. The van der Waals surface area contributed by atoms with Crippen molar-refractivity contribution in [3.8, 4) is 0 Å². The molecule has 0 bridgehead atoms. The summed E-state index contributed by atoms with van der Waals surface area (Å²) in [5, 5.41) is 1.97. The fraction of sp³-hybridized carbons (Fsp3) is 0.467. The van der Waals surface area contributed by atoms with Crippen molar-refractivity contribution in [2.45, 2.75) is 11.4 Å². The zero-order valence-electron chi connectivity index (χ0n) is 14.1. The molecule has 26 heavy (non-hydrogen) atoms. The number of hydrazine groups is 1. The van der Waals surface area contributed by atoms with E-state index in [1.807, 2.05) is 6.07 Å². The lowest BCUT2D eigenvalue weighted by Crippen LogP contribution is -2.56. The van der Waals surface area contributed by atoms with E-state index in [1.165, 1.54) is 4.90 Å². The number of fused-ring (bicyclic) bond motifs is 1. The third kappa shape index (κ3) is 4.68. The molecule has 0 aliphatic carbocycles. The molecule has 0 spiro atoms. The second kappa shape index (κ2) is 7.73. The van der Waals surface area contributed by atoms with E-state index >= 15 is 0 Å². The maximum absolute atomic E-state index is 12.5. The van der Waals surface area contributed by atoms with E-state index in [9.17, 15) is 18.0 Å². The van der Waals surface area contributed by atoms with Gasteiger partial charge in [-0.05, 0) is 23.9 Å². The molecule has 1 fully saturated rings. The van der Waals surface area contributed by atoms with E-state index < -0.39 is 10.0 Å². The van der Waals surface area contributed by atoms with Crippen LogP contribution in [0.2, 0.25) is 5.02 Å². The van der Waals surface area contributed by atoms with E-state index in [4.69, 9.17) is 11.6 Å². The van der Waals surface area contributed by atoms with Crippen LogP contribution in [0.5, 0.6) is 0 Å². The minimum Gasteiger partial charge on any atom is -0.338 e. The maximum Gasteiger partial charge on any atom is 0.287 e. The maximum atomic E-state index is 12.5. The van der Waals surface area contributed by atoms with Crippen LogP contribution in [0.15, 0.2) is 23.1 Å². The normalized spacial score (nSPS) is 18.8. The van der Waals surface area contributed by atoms with Crippen molar-refractivity contribution in [1.29, 1.82) is 0 Å². The topological polar surface area (TPSA) is 90.0 Å². The highest BCUT2D eigenvalue weighted by Gasteiger charge is 2.30. The largest absolute Gasteiger partial charge is 0.338 e. The molecule has 1 aromatic rings. The van der Waals surface area contributed by atoms with Crippen LogP contribution < -0.4 is 4.83 Å². The Morgan fingerprint density at radius 1 is 1.27 bits per heavy atom. The van der Waals surface area contributed by atoms with Crippen LogP contribution in [0, 0.1) is 0 Å². The standard InChI is InChI=1S/C15H19ClN4O4S2/c1-26(23,24)17-20-7-5-18(6-8-20)14(21)10-19-9-11-12(16)3-2-4-13(11)25-15(19)22/h2-4,17H,5-10H2,1H3. The van der Waals surface area contributed by atoms with Crippen LogP contribution in [-0.2, 0) is 21.4 Å². The molecular formula is C15H19ClN4O4S2. The van der Waals surface area contributed by atoms with Crippen molar-refractivity contribution in [1.82, 2.24) is 19.6 Å². The molecule has 2 heterocycles. The Morgan fingerprint density at radius 2 is 1.96 bits per heavy atom. The quantitative estimate of drug-likeness (QED) is 0.783. The number of piperazine rings is 1. The van der Waals surface area contributed by atoms with Gasteiger partial charge in [0.25, 0.3) is 5.24 Å². The summed E-state index contributed by atoms with van der Waals surface area (Å²) in [4.78, 5) is 31.2. The van der Waals surface area contributed by atoms with Crippen LogP contribution in [0.4, 0.5) is 4.79 Å². The molecule has 0 atom stereocenters. The van der Waals surface area contributed by atoms with Crippen molar-refractivity contribution in [3.05, 3.63) is 28.8 Å². The second-order valence-electron chi connectivity index (χ2n) is 6.17. The van der Waals surface area contributed by atoms with E-state index in [0.29, 0.717) is 37.7 Å². The first-order valence-electron chi connectivity index (χ1n) is 7.97. The zero-order chi connectivity index (χ0) is 18.9. The summed E-state index contributed by atoms with van der Waals surface area (Å²) in [6.45, 7) is 1.88. The first-order chi connectivity index (χ1) is 12.2. The van der Waals surface area contributed by atoms with E-state index in [-0.39, 0.29) is 17.7 Å². The second-order valence-corrected chi connectivity index (χ2v) is 9.30. The van der Waals surface area contributed by atoms with Crippen LogP contribution >= 0.6 is 23.4 Å². The van der Waals surface area contributed by atoms with Crippen molar-refractivity contribution in [2.24, 2.45) is 0 Å². The number of hydrogen-bond donors (Lipinski definition) is 1. The Balaban J connectivity index is 1.57. The van der Waals surface area contributed by atoms with Crippen LogP contribution in [0.3, 0.4) is 0 Å². The third-order valence-corrected chi connectivity index (χ3v) is 6.11. The van der Waals surface area contributed by atoms with Crippen molar-refractivity contribution in [2.75, 3.05) is 39.0 Å². The number of halogens is 1. The number of rotatable bonds is 4. The smallest absolute Gasteiger partial charge is 0.287 e. The van der Waals surface area contributed by atoms with Crippen LogP contribution in [0.25, 0.3) is 0 Å². The molecule has 0 unspecified atom stereocenters. The molecule has 1 saturated heterocycles. The summed E-state index contributed by atoms with van der Waals surface area (Å²) in [6, 6.07) is 5.41. The number of nitrogens with one attached hydrogen (secondary N) is 1. The van der Waals surface area contributed by atoms with Gasteiger partial charge in [0.2, 0.25) is 15.9 Å². The Labute approximate surface area is 161 Å². The summed E-state index contributed by atoms with van der Waals surface area (Å²) in [7, 11) is -3.32. The van der Waals surface area contributed by atoms with E-state index in [2.05, 4.69) is 4.83 Å². The summed E-state index contributed by atoms with van der Waals surface area (Å²) < 4.78 is 22.5. The number of benzene rings is 1. The fourth-order valence-corrected chi connectivity index (χ4v) is 4.70. The molecule has 11 heteroatoms. The van der Waals surface area contributed by atoms with Gasteiger partial charge >= 0.3 is 0 Å². The SMILES string of the molecule is CS(=O)(=O)NN1CCN(C(=O)CN2Cc3c(Cl)cccc3SC2=O)CC1. The van der Waals surface area contributed by atoms with Crippen LogP contribution in [-0.4, -0.2) is 73.4 Å². The average Bonchev–Trinajstić information content (AvgIpc) is 2.55. The summed E-state index contributed by atoms with van der Waals surface area (Å²) >= 11 is 7.28. The summed E-state index contributed by atoms with van der Waals surface area (Å²) in [5.41, 5.74) is 0.855. The third-order valence-electron chi connectivity index (χ3n) is 4.13. The Bertz CT molecular complexity index is 825. The lowest BCUT2D eigenvalue weighted by atomic mass is 10.2. The van der Waals surface area contributed by atoms with Crippen molar-refractivity contribution >= 4 is 44.5 Å². The van der Waals surface area contributed by atoms with Gasteiger partial charge < -0.3 is 9.80 Å². The highest BCUT2D eigenvalue weighted by Crippen LogP contribution is 2.35. The Hall–Kier alpha value is -1.33. The molecular weight excluding hydrogens is 400 g/mol. The molecule has 1 N–H and O–H groups in total. The summed E-state index contributed by atoms with van der Waals surface area (Å²) in [6.07, 6.45) is 1.09. The van der Waals surface area contributed by atoms with E-state index in [0.717, 1.165) is 28.5 Å². The van der Waals surface area contributed by atoms with Gasteiger partial charge in [0.1, 0.15) is 6.54 Å². The molecule has 2 amide bonds.